The average Bonchev–Trinajstić information content (AvgIpc) is 2.67. The first kappa shape index (κ1) is 20.5. The van der Waals surface area contributed by atoms with Crippen molar-refractivity contribution in [3.63, 3.8) is 0 Å². The molecule has 2 rings (SSSR count). The Morgan fingerprint density at radius 1 is 1.04 bits per heavy atom. The lowest BCUT2D eigenvalue weighted by atomic mass is 9.97. The summed E-state index contributed by atoms with van der Waals surface area (Å²) in [4.78, 5) is 25.6. The number of para-hydroxylation sites is 1. The molecule has 2 aromatic carbocycles. The summed E-state index contributed by atoms with van der Waals surface area (Å²) in [6.07, 6.45) is 1.02. The Bertz CT molecular complexity index is 786. The highest BCUT2D eigenvalue weighted by Gasteiger charge is 2.16. The second-order valence-electron chi connectivity index (χ2n) is 6.88. The molecule has 5 heteroatoms. The van der Waals surface area contributed by atoms with Gasteiger partial charge in [0.2, 0.25) is 11.8 Å². The Morgan fingerprint density at radius 3 is 2.26 bits per heavy atom. The SMILES string of the molecule is CCC(C)c1ccccc1NC(=O)C(C)Nc1ccc(N(C)C(C)=O)cc1. The number of amides is 2. The third-order valence-electron chi connectivity index (χ3n) is 4.87. The summed E-state index contributed by atoms with van der Waals surface area (Å²) in [5, 5.41) is 6.24. The zero-order valence-corrected chi connectivity index (χ0v) is 16.7. The Balaban J connectivity index is 2.03. The van der Waals surface area contributed by atoms with Crippen LogP contribution in [-0.2, 0) is 9.59 Å². The van der Waals surface area contributed by atoms with E-state index in [0.717, 1.165) is 29.0 Å². The van der Waals surface area contributed by atoms with E-state index in [2.05, 4.69) is 30.5 Å². The number of rotatable bonds is 7. The number of benzene rings is 2. The Labute approximate surface area is 161 Å². The van der Waals surface area contributed by atoms with Gasteiger partial charge < -0.3 is 15.5 Å². The molecule has 0 heterocycles. The molecule has 2 N–H and O–H groups in total. The van der Waals surface area contributed by atoms with Gasteiger partial charge in [0.25, 0.3) is 0 Å². The van der Waals surface area contributed by atoms with Gasteiger partial charge in [0, 0.05) is 31.0 Å². The normalized spacial score (nSPS) is 12.8. The molecule has 144 valence electrons. The second-order valence-corrected chi connectivity index (χ2v) is 6.88. The summed E-state index contributed by atoms with van der Waals surface area (Å²) >= 11 is 0. The molecule has 0 saturated heterocycles. The van der Waals surface area contributed by atoms with E-state index in [1.807, 2.05) is 49.4 Å². The molecule has 0 spiro atoms. The van der Waals surface area contributed by atoms with Gasteiger partial charge in [-0.25, -0.2) is 0 Å². The largest absolute Gasteiger partial charge is 0.374 e. The maximum Gasteiger partial charge on any atom is 0.246 e. The summed E-state index contributed by atoms with van der Waals surface area (Å²) in [5.74, 6) is 0.273. The topological polar surface area (TPSA) is 61.4 Å². The van der Waals surface area contributed by atoms with Gasteiger partial charge in [0.1, 0.15) is 6.04 Å². The first-order valence-electron chi connectivity index (χ1n) is 9.34. The molecule has 0 aliphatic carbocycles. The maximum atomic E-state index is 12.6. The number of hydrogen-bond acceptors (Lipinski definition) is 3. The van der Waals surface area contributed by atoms with Crippen LogP contribution in [0.1, 0.15) is 45.6 Å². The van der Waals surface area contributed by atoms with E-state index in [4.69, 9.17) is 0 Å². The van der Waals surface area contributed by atoms with E-state index in [1.165, 1.54) is 6.92 Å². The molecule has 0 fully saturated rings. The van der Waals surface area contributed by atoms with E-state index in [0.29, 0.717) is 5.92 Å². The highest BCUT2D eigenvalue weighted by Crippen LogP contribution is 2.26. The molecule has 2 unspecified atom stereocenters. The van der Waals surface area contributed by atoms with E-state index in [9.17, 15) is 9.59 Å². The molecular weight excluding hydrogens is 338 g/mol. The summed E-state index contributed by atoms with van der Waals surface area (Å²) in [6, 6.07) is 15.0. The highest BCUT2D eigenvalue weighted by molar-refractivity contribution is 5.97. The molecule has 0 aliphatic heterocycles. The molecule has 27 heavy (non-hydrogen) atoms. The van der Waals surface area contributed by atoms with Crippen LogP contribution in [0.15, 0.2) is 48.5 Å². The Hall–Kier alpha value is -2.82. The van der Waals surface area contributed by atoms with Crippen LogP contribution in [0.5, 0.6) is 0 Å². The summed E-state index contributed by atoms with van der Waals surface area (Å²) < 4.78 is 0. The molecule has 2 amide bonds. The smallest absolute Gasteiger partial charge is 0.246 e. The van der Waals surface area contributed by atoms with Crippen LogP contribution in [0.25, 0.3) is 0 Å². The van der Waals surface area contributed by atoms with E-state index < -0.39 is 6.04 Å². The fourth-order valence-electron chi connectivity index (χ4n) is 2.78. The van der Waals surface area contributed by atoms with Gasteiger partial charge >= 0.3 is 0 Å². The lowest BCUT2D eigenvalue weighted by Gasteiger charge is -2.20. The number of nitrogens with one attached hydrogen (secondary N) is 2. The van der Waals surface area contributed by atoms with Crippen molar-refractivity contribution in [1.29, 1.82) is 0 Å². The van der Waals surface area contributed by atoms with Gasteiger partial charge in [-0.2, -0.15) is 0 Å². The molecule has 0 aromatic heterocycles. The predicted octanol–water partition coefficient (Wildman–Crippen LogP) is 4.62. The molecule has 0 saturated carbocycles. The second kappa shape index (κ2) is 9.21. The summed E-state index contributed by atoms with van der Waals surface area (Å²) in [6.45, 7) is 7.65. The zero-order chi connectivity index (χ0) is 20.0. The van der Waals surface area contributed by atoms with Crippen molar-refractivity contribution in [3.05, 3.63) is 54.1 Å². The summed E-state index contributed by atoms with van der Waals surface area (Å²) in [7, 11) is 1.73. The average molecular weight is 367 g/mol. The van der Waals surface area contributed by atoms with Crippen molar-refractivity contribution in [2.45, 2.75) is 46.1 Å². The third-order valence-corrected chi connectivity index (χ3v) is 4.87. The van der Waals surface area contributed by atoms with Crippen molar-refractivity contribution in [3.8, 4) is 0 Å². The number of carbonyl (C=O) groups is 2. The minimum Gasteiger partial charge on any atom is -0.374 e. The van der Waals surface area contributed by atoms with Crippen LogP contribution in [0.3, 0.4) is 0 Å². The first-order chi connectivity index (χ1) is 12.8. The van der Waals surface area contributed by atoms with Gasteiger partial charge in [-0.15, -0.1) is 0 Å². The highest BCUT2D eigenvalue weighted by atomic mass is 16.2. The Morgan fingerprint density at radius 2 is 1.67 bits per heavy atom. The minimum atomic E-state index is -0.397. The lowest BCUT2D eigenvalue weighted by molar-refractivity contribution is -0.117. The maximum absolute atomic E-state index is 12.6. The molecule has 2 atom stereocenters. The van der Waals surface area contributed by atoms with Gasteiger partial charge in [-0.05, 0) is 55.2 Å². The van der Waals surface area contributed by atoms with Crippen LogP contribution >= 0.6 is 0 Å². The van der Waals surface area contributed by atoms with Crippen LogP contribution in [0.2, 0.25) is 0 Å². The fourth-order valence-corrected chi connectivity index (χ4v) is 2.78. The molecule has 0 radical (unpaired) electrons. The quantitative estimate of drug-likeness (QED) is 0.750. The van der Waals surface area contributed by atoms with Crippen LogP contribution in [0.4, 0.5) is 17.1 Å². The third kappa shape index (κ3) is 5.33. The predicted molar refractivity (Wildman–Crippen MR) is 112 cm³/mol. The molecule has 0 aliphatic rings. The van der Waals surface area contributed by atoms with Crippen molar-refractivity contribution >= 4 is 28.9 Å². The number of carbonyl (C=O) groups excluding carboxylic acids is 2. The standard InChI is InChI=1S/C22H29N3O2/c1-6-15(2)20-9-7-8-10-21(20)24-22(27)16(3)23-18-11-13-19(14-12-18)25(5)17(4)26/h7-16,23H,6H2,1-5H3,(H,24,27). The lowest BCUT2D eigenvalue weighted by Crippen LogP contribution is -2.32. The first-order valence-corrected chi connectivity index (χ1v) is 9.34. The number of hydrogen-bond donors (Lipinski definition) is 2. The van der Waals surface area contributed by atoms with Gasteiger partial charge in [-0.1, -0.05) is 32.0 Å². The van der Waals surface area contributed by atoms with E-state index in [-0.39, 0.29) is 11.8 Å². The molecule has 2 aromatic rings. The van der Waals surface area contributed by atoms with Crippen molar-refractivity contribution < 1.29 is 9.59 Å². The van der Waals surface area contributed by atoms with Crippen molar-refractivity contribution in [2.24, 2.45) is 0 Å². The van der Waals surface area contributed by atoms with Crippen LogP contribution in [0, 0.1) is 0 Å². The van der Waals surface area contributed by atoms with Crippen LogP contribution in [-0.4, -0.2) is 24.9 Å². The van der Waals surface area contributed by atoms with E-state index >= 15 is 0 Å². The van der Waals surface area contributed by atoms with E-state index in [1.54, 1.807) is 11.9 Å². The number of nitrogens with zero attached hydrogens (tertiary/aromatic N) is 1. The minimum absolute atomic E-state index is 0.0246. The van der Waals surface area contributed by atoms with Gasteiger partial charge in [-0.3, -0.25) is 9.59 Å². The van der Waals surface area contributed by atoms with Crippen LogP contribution < -0.4 is 15.5 Å². The number of anilines is 3. The van der Waals surface area contributed by atoms with Crippen molar-refractivity contribution in [2.75, 3.05) is 22.6 Å². The van der Waals surface area contributed by atoms with Crippen molar-refractivity contribution in [1.82, 2.24) is 0 Å². The summed E-state index contributed by atoms with van der Waals surface area (Å²) in [5.41, 5.74) is 3.65. The van der Waals surface area contributed by atoms with Gasteiger partial charge in [0.15, 0.2) is 0 Å². The van der Waals surface area contributed by atoms with Gasteiger partial charge in [0.05, 0.1) is 0 Å². The fraction of sp³-hybridized carbons (Fsp3) is 0.364. The molecular formula is C22H29N3O2. The Kier molecular flexibility index (Phi) is 6.99. The monoisotopic (exact) mass is 367 g/mol. The molecule has 5 nitrogen and oxygen atoms in total. The molecule has 0 bridgehead atoms. The zero-order valence-electron chi connectivity index (χ0n) is 16.7.